The van der Waals surface area contributed by atoms with Crippen LogP contribution in [0.1, 0.15) is 48.6 Å². The molecular weight excluding hydrogens is 629 g/mol. The maximum atomic E-state index is 4.25. The summed E-state index contributed by atoms with van der Waals surface area (Å²) in [5.74, 6) is 0. The van der Waals surface area contributed by atoms with Crippen molar-refractivity contribution in [2.45, 2.75) is 31.6 Å². The van der Waals surface area contributed by atoms with Crippen molar-refractivity contribution in [3.8, 4) is 33.4 Å². The fourth-order valence-electron chi connectivity index (χ4n) is 8.87. The summed E-state index contributed by atoms with van der Waals surface area (Å²) in [6, 6.07) is 32.0. The fraction of sp³-hybridized carbons (Fsp3) is 0.120. The van der Waals surface area contributed by atoms with Crippen molar-refractivity contribution in [1.29, 1.82) is 0 Å². The predicted octanol–water partition coefficient (Wildman–Crippen LogP) is 12.6. The second kappa shape index (κ2) is 13.2. The molecule has 5 aromatic rings. The van der Waals surface area contributed by atoms with Crippen LogP contribution in [0.15, 0.2) is 176 Å². The summed E-state index contributed by atoms with van der Waals surface area (Å²) in [5.41, 5.74) is 17.1. The van der Waals surface area contributed by atoms with Gasteiger partial charge in [0.15, 0.2) is 0 Å². The summed E-state index contributed by atoms with van der Waals surface area (Å²) in [6.07, 6.45) is 34.4. The molecule has 4 aliphatic rings. The number of dihydropyridines is 1. The highest BCUT2D eigenvalue weighted by molar-refractivity contribution is 6.00. The van der Waals surface area contributed by atoms with Crippen LogP contribution in [-0.2, 0) is 5.41 Å². The van der Waals surface area contributed by atoms with E-state index >= 15 is 0 Å². The second-order valence-corrected chi connectivity index (χ2v) is 13.9. The van der Waals surface area contributed by atoms with Crippen molar-refractivity contribution in [3.63, 3.8) is 0 Å². The third-order valence-corrected chi connectivity index (χ3v) is 11.0. The van der Waals surface area contributed by atoms with Crippen LogP contribution in [0, 0.1) is 0 Å². The first-order chi connectivity index (χ1) is 25.7. The molecule has 1 aromatic heterocycles. The number of benzene rings is 4. The standard InChI is InChI=1S/C50H42N2/c1-3-17-42-43-30-29-36(33-48(43)52(47(42)4-2)40-23-10-5-6-11-24-40)35-18-14-19-37(32-35)41-26-15-28-46-49(41)44-25-12-13-27-45(44)50(46,38-20-8-7-9-21-38)39-22-16-31-51-34-39/h3-5,8,10-30,32-34,51H,2,6-7,9,31H2,1H3/b17-3-. The number of hydrogen-bond donors (Lipinski definition) is 1. The van der Waals surface area contributed by atoms with Gasteiger partial charge in [-0.2, -0.15) is 0 Å². The summed E-state index contributed by atoms with van der Waals surface area (Å²) in [4.78, 5) is 0. The molecule has 0 saturated heterocycles. The van der Waals surface area contributed by atoms with Gasteiger partial charge < -0.3 is 9.88 Å². The lowest BCUT2D eigenvalue weighted by Gasteiger charge is -2.37. The van der Waals surface area contributed by atoms with Crippen LogP contribution < -0.4 is 5.32 Å². The molecule has 0 saturated carbocycles. The SMILES string of the molecule is C=Cc1c(/C=C\C)c2ccc(-c3cccc(-c4cccc5c4-c4ccccc4C5(C4=CCCC=C4)C4=CNCC=C4)c3)cc2n1C1=CC=CCC=C1. The molecule has 1 atom stereocenters. The van der Waals surface area contributed by atoms with Crippen molar-refractivity contribution >= 4 is 28.8 Å². The molecule has 2 heteroatoms. The summed E-state index contributed by atoms with van der Waals surface area (Å²) < 4.78 is 2.36. The summed E-state index contributed by atoms with van der Waals surface area (Å²) >= 11 is 0. The molecule has 0 spiro atoms. The molecule has 0 radical (unpaired) electrons. The average Bonchev–Trinajstić information content (AvgIpc) is 3.52. The molecule has 0 bridgehead atoms. The predicted molar refractivity (Wildman–Crippen MR) is 223 cm³/mol. The highest BCUT2D eigenvalue weighted by Crippen LogP contribution is 2.59. The summed E-state index contributed by atoms with van der Waals surface area (Å²) in [5, 5.41) is 4.76. The Kier molecular flexibility index (Phi) is 8.09. The third-order valence-electron chi connectivity index (χ3n) is 11.0. The Morgan fingerprint density at radius 1 is 0.750 bits per heavy atom. The van der Waals surface area contributed by atoms with E-state index in [1.54, 1.807) is 0 Å². The van der Waals surface area contributed by atoms with E-state index in [0.29, 0.717) is 0 Å². The van der Waals surface area contributed by atoms with Crippen LogP contribution in [-0.4, -0.2) is 11.1 Å². The molecule has 1 N–H and O–H groups in total. The summed E-state index contributed by atoms with van der Waals surface area (Å²) in [7, 11) is 0. The van der Waals surface area contributed by atoms with E-state index in [4.69, 9.17) is 0 Å². The van der Waals surface area contributed by atoms with Gasteiger partial charge in [-0.15, -0.1) is 0 Å². The van der Waals surface area contributed by atoms with Gasteiger partial charge in [-0.05, 0) is 112 Å². The Labute approximate surface area is 307 Å². The van der Waals surface area contributed by atoms with Gasteiger partial charge in [0.2, 0.25) is 0 Å². The minimum absolute atomic E-state index is 0.388. The number of aromatic nitrogens is 1. The van der Waals surface area contributed by atoms with E-state index in [0.717, 1.165) is 37.2 Å². The lowest BCUT2D eigenvalue weighted by Crippen LogP contribution is -2.32. The zero-order valence-corrected chi connectivity index (χ0v) is 29.6. The van der Waals surface area contributed by atoms with Gasteiger partial charge in [-0.3, -0.25) is 0 Å². The van der Waals surface area contributed by atoms with E-state index < -0.39 is 0 Å². The van der Waals surface area contributed by atoms with Gasteiger partial charge in [0.1, 0.15) is 0 Å². The van der Waals surface area contributed by atoms with Crippen LogP contribution in [0.5, 0.6) is 0 Å². The van der Waals surface area contributed by atoms with Crippen LogP contribution >= 0.6 is 0 Å². The molecule has 1 aliphatic heterocycles. The van der Waals surface area contributed by atoms with Crippen molar-refractivity contribution in [3.05, 3.63) is 198 Å². The molecule has 4 aromatic carbocycles. The normalized spacial score (nSPS) is 18.8. The van der Waals surface area contributed by atoms with E-state index in [-0.39, 0.29) is 5.41 Å². The highest BCUT2D eigenvalue weighted by Gasteiger charge is 2.48. The Morgan fingerprint density at radius 2 is 1.58 bits per heavy atom. The first-order valence-electron chi connectivity index (χ1n) is 18.5. The maximum absolute atomic E-state index is 4.25. The Bertz CT molecular complexity index is 2480. The molecule has 252 valence electrons. The number of allylic oxidation sites excluding steroid dienone is 13. The average molecular weight is 671 g/mol. The molecule has 9 rings (SSSR count). The first-order valence-corrected chi connectivity index (χ1v) is 18.5. The van der Waals surface area contributed by atoms with Gasteiger partial charge in [-0.25, -0.2) is 0 Å². The van der Waals surface area contributed by atoms with Crippen LogP contribution in [0.2, 0.25) is 0 Å². The smallest absolute Gasteiger partial charge is 0.0724 e. The Hall–Kier alpha value is -6.12. The quantitative estimate of drug-likeness (QED) is 0.182. The van der Waals surface area contributed by atoms with Gasteiger partial charge in [0.25, 0.3) is 0 Å². The van der Waals surface area contributed by atoms with Crippen LogP contribution in [0.3, 0.4) is 0 Å². The lowest BCUT2D eigenvalue weighted by molar-refractivity contribution is 0.731. The second-order valence-electron chi connectivity index (χ2n) is 13.9. The molecule has 2 heterocycles. The number of nitrogens with zero attached hydrogens (tertiary/aromatic N) is 1. The molecule has 0 fully saturated rings. The maximum Gasteiger partial charge on any atom is 0.0724 e. The van der Waals surface area contributed by atoms with Crippen LogP contribution in [0.4, 0.5) is 0 Å². The van der Waals surface area contributed by atoms with Crippen molar-refractivity contribution < 1.29 is 0 Å². The summed E-state index contributed by atoms with van der Waals surface area (Å²) in [6.45, 7) is 7.17. The van der Waals surface area contributed by atoms with Gasteiger partial charge in [0, 0.05) is 29.4 Å². The minimum Gasteiger partial charge on any atom is -0.387 e. The van der Waals surface area contributed by atoms with Gasteiger partial charge >= 0.3 is 0 Å². The topological polar surface area (TPSA) is 17.0 Å². The number of hydrogen-bond acceptors (Lipinski definition) is 1. The Morgan fingerprint density at radius 3 is 2.42 bits per heavy atom. The van der Waals surface area contributed by atoms with E-state index in [1.807, 2.05) is 6.08 Å². The van der Waals surface area contributed by atoms with E-state index in [2.05, 4.69) is 187 Å². The molecule has 0 amide bonds. The molecule has 2 nitrogen and oxygen atoms in total. The number of rotatable bonds is 7. The molecule has 3 aliphatic carbocycles. The zero-order chi connectivity index (χ0) is 35.1. The van der Waals surface area contributed by atoms with Crippen LogP contribution in [0.25, 0.3) is 62.1 Å². The third kappa shape index (κ3) is 4.93. The number of fused-ring (bicyclic) bond motifs is 4. The molecular formula is C50H42N2. The Balaban J connectivity index is 1.23. The van der Waals surface area contributed by atoms with E-state index in [1.165, 1.54) is 72.1 Å². The molecule has 1 unspecified atom stereocenters. The first kappa shape index (κ1) is 31.8. The minimum atomic E-state index is -0.388. The fourth-order valence-corrected chi connectivity index (χ4v) is 8.87. The van der Waals surface area contributed by atoms with E-state index in [9.17, 15) is 0 Å². The monoisotopic (exact) mass is 670 g/mol. The molecule has 52 heavy (non-hydrogen) atoms. The highest BCUT2D eigenvalue weighted by atomic mass is 15.0. The zero-order valence-electron chi connectivity index (χ0n) is 29.6. The lowest BCUT2D eigenvalue weighted by atomic mass is 9.65. The van der Waals surface area contributed by atoms with Crippen molar-refractivity contribution in [2.24, 2.45) is 0 Å². The van der Waals surface area contributed by atoms with Gasteiger partial charge in [-0.1, -0.05) is 140 Å². The number of nitrogens with one attached hydrogen (secondary N) is 1. The van der Waals surface area contributed by atoms with Gasteiger partial charge in [0.05, 0.1) is 16.6 Å². The largest absolute Gasteiger partial charge is 0.387 e. The van der Waals surface area contributed by atoms with Crippen molar-refractivity contribution in [2.75, 3.05) is 6.54 Å². The van der Waals surface area contributed by atoms with Crippen molar-refractivity contribution in [1.82, 2.24) is 9.88 Å².